The number of fused-ring (bicyclic) bond motifs is 1. The molecule has 0 unspecified atom stereocenters. The van der Waals surface area contributed by atoms with E-state index in [0.717, 1.165) is 24.9 Å². The van der Waals surface area contributed by atoms with Crippen LogP contribution < -0.4 is 10.6 Å². The Bertz CT molecular complexity index is 577. The number of aldehydes is 1. The van der Waals surface area contributed by atoms with E-state index in [0.29, 0.717) is 18.5 Å². The smallest absolute Gasteiger partial charge is 0.178 e. The molecule has 0 saturated heterocycles. The van der Waals surface area contributed by atoms with Crippen LogP contribution in [0.1, 0.15) is 59.1 Å². The first-order valence-corrected chi connectivity index (χ1v) is 8.93. The molecule has 0 bridgehead atoms. The van der Waals surface area contributed by atoms with Crippen molar-refractivity contribution >= 4 is 17.8 Å². The number of ketones is 1. The SMILES string of the molecule is CC.CC.CCc1ccc2c(c1)N(/C(C(C)=O)=C(\N)C=O)CCC2. The first-order valence-electron chi connectivity index (χ1n) is 8.93. The van der Waals surface area contributed by atoms with E-state index in [1.165, 1.54) is 18.1 Å². The summed E-state index contributed by atoms with van der Waals surface area (Å²) in [5, 5.41) is 0. The van der Waals surface area contributed by atoms with Crippen molar-refractivity contribution in [2.75, 3.05) is 11.4 Å². The molecule has 0 atom stereocenters. The third kappa shape index (κ3) is 5.22. The van der Waals surface area contributed by atoms with Crippen molar-refractivity contribution in [2.45, 2.75) is 60.8 Å². The Labute approximate surface area is 146 Å². The minimum atomic E-state index is -0.177. The largest absolute Gasteiger partial charge is 0.394 e. The van der Waals surface area contributed by atoms with E-state index in [1.807, 2.05) is 32.6 Å². The Morgan fingerprint density at radius 2 is 1.88 bits per heavy atom. The molecular formula is C20H32N2O2. The van der Waals surface area contributed by atoms with Crippen molar-refractivity contribution in [2.24, 2.45) is 5.73 Å². The van der Waals surface area contributed by atoms with Crippen molar-refractivity contribution in [3.63, 3.8) is 0 Å². The number of hydrogen-bond donors (Lipinski definition) is 1. The second-order valence-electron chi connectivity index (χ2n) is 5.05. The fraction of sp³-hybridized carbons (Fsp3) is 0.500. The lowest BCUT2D eigenvalue weighted by molar-refractivity contribution is -0.114. The van der Waals surface area contributed by atoms with Gasteiger partial charge < -0.3 is 10.6 Å². The topological polar surface area (TPSA) is 63.4 Å². The Morgan fingerprint density at radius 3 is 2.38 bits per heavy atom. The number of allylic oxidation sites excluding steroid dienone is 2. The van der Waals surface area contributed by atoms with Crippen LogP contribution >= 0.6 is 0 Å². The molecule has 2 N–H and O–H groups in total. The quantitative estimate of drug-likeness (QED) is 0.668. The first kappa shape index (κ1) is 21.9. The highest BCUT2D eigenvalue weighted by molar-refractivity contribution is 6.02. The fourth-order valence-corrected chi connectivity index (χ4v) is 2.68. The summed E-state index contributed by atoms with van der Waals surface area (Å²) in [5.74, 6) is -0.177. The minimum Gasteiger partial charge on any atom is -0.394 e. The monoisotopic (exact) mass is 332 g/mol. The Balaban J connectivity index is 0.00000123. The Morgan fingerprint density at radius 1 is 1.25 bits per heavy atom. The summed E-state index contributed by atoms with van der Waals surface area (Å²) in [4.78, 5) is 24.7. The predicted molar refractivity (Wildman–Crippen MR) is 102 cm³/mol. The van der Waals surface area contributed by atoms with Crippen LogP contribution in [0.4, 0.5) is 5.69 Å². The molecule has 0 fully saturated rings. The van der Waals surface area contributed by atoms with Gasteiger partial charge in [-0.05, 0) is 36.5 Å². The molecule has 4 nitrogen and oxygen atoms in total. The van der Waals surface area contributed by atoms with Crippen LogP contribution in [0.2, 0.25) is 0 Å². The fourth-order valence-electron chi connectivity index (χ4n) is 2.68. The average Bonchev–Trinajstić information content (AvgIpc) is 2.64. The number of Topliss-reactive ketones (excluding diaryl/α,β-unsaturated/α-hetero) is 1. The van der Waals surface area contributed by atoms with Crippen LogP contribution in [0, 0.1) is 0 Å². The van der Waals surface area contributed by atoms with Crippen LogP contribution in [-0.2, 0) is 22.4 Å². The van der Waals surface area contributed by atoms with Crippen LogP contribution in [0.25, 0.3) is 0 Å². The van der Waals surface area contributed by atoms with Crippen molar-refractivity contribution in [3.05, 3.63) is 40.7 Å². The highest BCUT2D eigenvalue weighted by atomic mass is 16.1. The van der Waals surface area contributed by atoms with Crippen LogP contribution in [0.3, 0.4) is 0 Å². The van der Waals surface area contributed by atoms with E-state index in [9.17, 15) is 9.59 Å². The van der Waals surface area contributed by atoms with Crippen LogP contribution in [-0.4, -0.2) is 18.6 Å². The van der Waals surface area contributed by atoms with Gasteiger partial charge in [-0.1, -0.05) is 46.8 Å². The highest BCUT2D eigenvalue weighted by Crippen LogP contribution is 2.31. The first-order chi connectivity index (χ1) is 11.6. The molecule has 24 heavy (non-hydrogen) atoms. The van der Waals surface area contributed by atoms with Crippen molar-refractivity contribution in [1.29, 1.82) is 0 Å². The number of nitrogens with two attached hydrogens (primary N) is 1. The lowest BCUT2D eigenvalue weighted by Gasteiger charge is -2.33. The molecule has 0 saturated carbocycles. The summed E-state index contributed by atoms with van der Waals surface area (Å²) in [5.41, 5.74) is 9.46. The van der Waals surface area contributed by atoms with Gasteiger partial charge >= 0.3 is 0 Å². The van der Waals surface area contributed by atoms with Crippen molar-refractivity contribution < 1.29 is 9.59 Å². The summed E-state index contributed by atoms with van der Waals surface area (Å²) in [6.07, 6.45) is 3.42. The molecule has 1 aliphatic heterocycles. The van der Waals surface area contributed by atoms with Gasteiger partial charge in [0, 0.05) is 19.2 Å². The van der Waals surface area contributed by atoms with E-state index in [4.69, 9.17) is 5.73 Å². The van der Waals surface area contributed by atoms with E-state index in [-0.39, 0.29) is 11.5 Å². The average molecular weight is 332 g/mol. The maximum atomic E-state index is 11.9. The standard InChI is InChI=1S/C16H20N2O2.2C2H6/c1-3-12-6-7-13-5-4-8-18(15(13)9-12)16(11(2)20)14(17)10-19;2*1-2/h6-7,9-10H,3-5,8,17H2,1-2H3;2*1-2H3/b16-14-;;. The molecule has 0 aromatic heterocycles. The minimum absolute atomic E-state index is 0.00671. The number of anilines is 1. The van der Waals surface area contributed by atoms with E-state index in [2.05, 4.69) is 25.1 Å². The third-order valence-corrected chi connectivity index (χ3v) is 3.68. The van der Waals surface area contributed by atoms with Gasteiger partial charge in [-0.15, -0.1) is 0 Å². The van der Waals surface area contributed by atoms with Gasteiger partial charge in [0.05, 0.1) is 5.70 Å². The zero-order valence-electron chi connectivity index (χ0n) is 16.0. The molecule has 0 spiro atoms. The Hall–Kier alpha value is -2.10. The van der Waals surface area contributed by atoms with Gasteiger partial charge in [0.15, 0.2) is 12.1 Å². The number of carbonyl (C=O) groups is 2. The van der Waals surface area contributed by atoms with Gasteiger partial charge in [0.1, 0.15) is 5.70 Å². The van der Waals surface area contributed by atoms with Gasteiger partial charge in [0.2, 0.25) is 0 Å². The second-order valence-corrected chi connectivity index (χ2v) is 5.05. The number of benzene rings is 1. The zero-order valence-corrected chi connectivity index (χ0v) is 16.0. The lowest BCUT2D eigenvalue weighted by Crippen LogP contribution is -2.34. The summed E-state index contributed by atoms with van der Waals surface area (Å²) >= 11 is 0. The highest BCUT2D eigenvalue weighted by Gasteiger charge is 2.24. The molecule has 1 aromatic rings. The molecule has 4 heteroatoms. The lowest BCUT2D eigenvalue weighted by atomic mass is 9.97. The molecular weight excluding hydrogens is 300 g/mol. The summed E-state index contributed by atoms with van der Waals surface area (Å²) in [7, 11) is 0. The van der Waals surface area contributed by atoms with Crippen molar-refractivity contribution in [1.82, 2.24) is 0 Å². The molecule has 0 radical (unpaired) electrons. The number of carbonyl (C=O) groups excluding carboxylic acids is 2. The van der Waals surface area contributed by atoms with Crippen molar-refractivity contribution in [3.8, 4) is 0 Å². The van der Waals surface area contributed by atoms with Gasteiger partial charge in [0.25, 0.3) is 0 Å². The molecule has 0 amide bonds. The van der Waals surface area contributed by atoms with Gasteiger partial charge in [-0.3, -0.25) is 9.59 Å². The molecule has 134 valence electrons. The molecule has 2 rings (SSSR count). The van der Waals surface area contributed by atoms with E-state index in [1.54, 1.807) is 0 Å². The third-order valence-electron chi connectivity index (χ3n) is 3.68. The Kier molecular flexibility index (Phi) is 10.4. The molecule has 1 aromatic carbocycles. The molecule has 1 heterocycles. The molecule has 0 aliphatic carbocycles. The maximum absolute atomic E-state index is 11.9. The van der Waals surface area contributed by atoms with E-state index < -0.39 is 0 Å². The van der Waals surface area contributed by atoms with Gasteiger partial charge in [-0.25, -0.2) is 0 Å². The van der Waals surface area contributed by atoms with Gasteiger partial charge in [-0.2, -0.15) is 0 Å². The summed E-state index contributed by atoms with van der Waals surface area (Å²) < 4.78 is 0. The van der Waals surface area contributed by atoms with E-state index >= 15 is 0 Å². The summed E-state index contributed by atoms with van der Waals surface area (Å²) in [6, 6.07) is 6.31. The predicted octanol–water partition coefficient (Wildman–Crippen LogP) is 4.01. The molecule has 1 aliphatic rings. The maximum Gasteiger partial charge on any atom is 0.178 e. The number of hydrogen-bond acceptors (Lipinski definition) is 4. The number of nitrogens with zero attached hydrogens (tertiary/aromatic N) is 1. The summed E-state index contributed by atoms with van der Waals surface area (Å²) in [6.45, 7) is 12.3. The zero-order chi connectivity index (χ0) is 18.7. The second kappa shape index (κ2) is 11.4. The van der Waals surface area contributed by atoms with Crippen LogP contribution in [0.5, 0.6) is 0 Å². The number of aryl methyl sites for hydroxylation is 2. The number of rotatable bonds is 4. The van der Waals surface area contributed by atoms with Crippen LogP contribution in [0.15, 0.2) is 29.6 Å². The normalized spacial score (nSPS) is 13.3.